The Bertz CT molecular complexity index is 836. The van der Waals surface area contributed by atoms with Gasteiger partial charge in [0.05, 0.1) is 22.2 Å². The summed E-state index contributed by atoms with van der Waals surface area (Å²) in [6.45, 7) is 3.93. The minimum absolute atomic E-state index is 0.0784. The second-order valence-corrected chi connectivity index (χ2v) is 6.64. The predicted octanol–water partition coefficient (Wildman–Crippen LogP) is 4.35. The summed E-state index contributed by atoms with van der Waals surface area (Å²) in [5.74, 6) is -0.628. The molecule has 3 rings (SSSR count). The summed E-state index contributed by atoms with van der Waals surface area (Å²) < 4.78 is 0. The van der Waals surface area contributed by atoms with Crippen LogP contribution in [0.4, 0.5) is 11.4 Å². The second kappa shape index (κ2) is 6.46. The Kier molecular flexibility index (Phi) is 4.52. The summed E-state index contributed by atoms with van der Waals surface area (Å²) >= 11 is 12.2. The standard InChI is InChI=1S/C18H16Cl2N2O2/c1-10-6-7-11(2)13(8-10)21-14-9-16(23)22(18(14)24)15-5-3-4-12(19)17(15)20/h3-8,14,21H,9H2,1-2H3/t14-/m1/s1. The fourth-order valence-electron chi connectivity index (χ4n) is 2.74. The average Bonchev–Trinajstić information content (AvgIpc) is 2.80. The summed E-state index contributed by atoms with van der Waals surface area (Å²) in [7, 11) is 0. The molecule has 1 aliphatic heterocycles. The Morgan fingerprint density at radius 1 is 1.12 bits per heavy atom. The van der Waals surface area contributed by atoms with Crippen molar-refractivity contribution in [2.45, 2.75) is 26.3 Å². The Labute approximate surface area is 150 Å². The summed E-state index contributed by atoms with van der Waals surface area (Å²) in [6, 6.07) is 10.2. The number of carbonyl (C=O) groups excluding carboxylic acids is 2. The Hall–Kier alpha value is -2.04. The first-order valence-corrected chi connectivity index (χ1v) is 8.28. The minimum Gasteiger partial charge on any atom is -0.373 e. The number of carbonyl (C=O) groups is 2. The number of hydrogen-bond donors (Lipinski definition) is 1. The number of amides is 2. The zero-order valence-electron chi connectivity index (χ0n) is 13.3. The molecule has 1 saturated heterocycles. The molecule has 24 heavy (non-hydrogen) atoms. The van der Waals surface area contributed by atoms with Gasteiger partial charge in [-0.3, -0.25) is 9.59 Å². The zero-order chi connectivity index (χ0) is 17.4. The number of aryl methyl sites for hydroxylation is 2. The smallest absolute Gasteiger partial charge is 0.256 e. The highest BCUT2D eigenvalue weighted by Crippen LogP contribution is 2.35. The topological polar surface area (TPSA) is 49.4 Å². The number of benzene rings is 2. The van der Waals surface area contributed by atoms with Crippen LogP contribution in [0.25, 0.3) is 0 Å². The monoisotopic (exact) mass is 362 g/mol. The molecule has 1 heterocycles. The lowest BCUT2D eigenvalue weighted by atomic mass is 10.1. The van der Waals surface area contributed by atoms with Crippen LogP contribution in [0.2, 0.25) is 10.0 Å². The van der Waals surface area contributed by atoms with Crippen LogP contribution in [0.5, 0.6) is 0 Å². The van der Waals surface area contributed by atoms with E-state index < -0.39 is 6.04 Å². The lowest BCUT2D eigenvalue weighted by molar-refractivity contribution is -0.121. The summed E-state index contributed by atoms with van der Waals surface area (Å²) in [5.41, 5.74) is 3.26. The first-order chi connectivity index (χ1) is 11.4. The molecule has 1 aliphatic rings. The molecule has 2 aromatic carbocycles. The van der Waals surface area contributed by atoms with E-state index in [-0.39, 0.29) is 23.3 Å². The van der Waals surface area contributed by atoms with Gasteiger partial charge >= 0.3 is 0 Å². The van der Waals surface area contributed by atoms with Crippen LogP contribution in [-0.2, 0) is 9.59 Å². The van der Waals surface area contributed by atoms with Crippen molar-refractivity contribution in [3.63, 3.8) is 0 Å². The van der Waals surface area contributed by atoms with Gasteiger partial charge in [-0.1, -0.05) is 41.4 Å². The molecule has 4 nitrogen and oxygen atoms in total. The number of nitrogens with zero attached hydrogens (tertiary/aromatic N) is 1. The summed E-state index contributed by atoms with van der Waals surface area (Å²) in [5, 5.41) is 3.68. The van der Waals surface area contributed by atoms with E-state index in [2.05, 4.69) is 5.32 Å². The lowest BCUT2D eigenvalue weighted by Gasteiger charge is -2.18. The fraction of sp³-hybridized carbons (Fsp3) is 0.222. The molecule has 1 atom stereocenters. The Balaban J connectivity index is 1.89. The van der Waals surface area contributed by atoms with Crippen molar-refractivity contribution < 1.29 is 9.59 Å². The first-order valence-electron chi connectivity index (χ1n) is 7.53. The van der Waals surface area contributed by atoms with Gasteiger partial charge in [-0.05, 0) is 43.2 Å². The summed E-state index contributed by atoms with van der Waals surface area (Å²) in [6.07, 6.45) is 0.0784. The number of anilines is 2. The van der Waals surface area contributed by atoms with E-state index in [4.69, 9.17) is 23.2 Å². The normalized spacial score (nSPS) is 17.5. The molecule has 124 valence electrons. The van der Waals surface area contributed by atoms with Crippen molar-refractivity contribution in [1.82, 2.24) is 0 Å². The molecule has 0 aliphatic carbocycles. The molecule has 0 spiro atoms. The third-order valence-corrected chi connectivity index (χ3v) is 4.85. The molecule has 0 saturated carbocycles. The minimum atomic E-state index is -0.618. The zero-order valence-corrected chi connectivity index (χ0v) is 14.8. The van der Waals surface area contributed by atoms with Gasteiger partial charge in [-0.2, -0.15) is 0 Å². The van der Waals surface area contributed by atoms with Crippen LogP contribution < -0.4 is 10.2 Å². The molecule has 0 radical (unpaired) electrons. The number of rotatable bonds is 3. The van der Waals surface area contributed by atoms with E-state index in [1.165, 1.54) is 0 Å². The molecule has 0 aromatic heterocycles. The maximum atomic E-state index is 12.7. The van der Waals surface area contributed by atoms with E-state index in [1.54, 1.807) is 18.2 Å². The Morgan fingerprint density at radius 2 is 1.88 bits per heavy atom. The van der Waals surface area contributed by atoms with Gasteiger partial charge < -0.3 is 5.32 Å². The van der Waals surface area contributed by atoms with Crippen LogP contribution >= 0.6 is 23.2 Å². The Morgan fingerprint density at radius 3 is 2.62 bits per heavy atom. The van der Waals surface area contributed by atoms with Crippen molar-refractivity contribution in [2.75, 3.05) is 10.2 Å². The van der Waals surface area contributed by atoms with Crippen molar-refractivity contribution in [2.24, 2.45) is 0 Å². The molecular weight excluding hydrogens is 347 g/mol. The van der Waals surface area contributed by atoms with Gasteiger partial charge in [0, 0.05) is 5.69 Å². The van der Waals surface area contributed by atoms with Gasteiger partial charge in [-0.25, -0.2) is 4.90 Å². The third kappa shape index (κ3) is 2.99. The number of nitrogens with one attached hydrogen (secondary N) is 1. The van der Waals surface area contributed by atoms with Crippen LogP contribution in [0.15, 0.2) is 36.4 Å². The van der Waals surface area contributed by atoms with E-state index in [0.29, 0.717) is 10.7 Å². The van der Waals surface area contributed by atoms with Crippen LogP contribution in [0.3, 0.4) is 0 Å². The molecule has 2 amide bonds. The number of hydrogen-bond acceptors (Lipinski definition) is 3. The van der Waals surface area contributed by atoms with E-state index in [0.717, 1.165) is 21.7 Å². The molecule has 1 fully saturated rings. The maximum absolute atomic E-state index is 12.7. The second-order valence-electron chi connectivity index (χ2n) is 5.86. The van der Waals surface area contributed by atoms with Crippen LogP contribution in [0.1, 0.15) is 17.5 Å². The van der Waals surface area contributed by atoms with Gasteiger partial charge in [0.25, 0.3) is 5.91 Å². The average molecular weight is 363 g/mol. The number of halogens is 2. The van der Waals surface area contributed by atoms with Gasteiger partial charge in [-0.15, -0.1) is 0 Å². The van der Waals surface area contributed by atoms with Crippen molar-refractivity contribution in [1.29, 1.82) is 0 Å². The molecule has 0 bridgehead atoms. The van der Waals surface area contributed by atoms with E-state index >= 15 is 0 Å². The third-order valence-electron chi connectivity index (χ3n) is 4.04. The molecule has 2 aromatic rings. The van der Waals surface area contributed by atoms with Crippen molar-refractivity contribution >= 4 is 46.4 Å². The highest BCUT2D eigenvalue weighted by atomic mass is 35.5. The number of imide groups is 1. The highest BCUT2D eigenvalue weighted by molar-refractivity contribution is 6.45. The van der Waals surface area contributed by atoms with E-state index in [1.807, 2.05) is 32.0 Å². The maximum Gasteiger partial charge on any atom is 0.256 e. The van der Waals surface area contributed by atoms with Gasteiger partial charge in [0.2, 0.25) is 5.91 Å². The SMILES string of the molecule is Cc1ccc(C)c(N[C@@H]2CC(=O)N(c3cccc(Cl)c3Cl)C2=O)c1. The quantitative estimate of drug-likeness (QED) is 0.825. The molecular formula is C18H16Cl2N2O2. The summed E-state index contributed by atoms with van der Waals surface area (Å²) in [4.78, 5) is 26.2. The fourth-order valence-corrected chi connectivity index (χ4v) is 3.12. The van der Waals surface area contributed by atoms with Crippen molar-refractivity contribution in [3.05, 3.63) is 57.6 Å². The molecule has 1 N–H and O–H groups in total. The van der Waals surface area contributed by atoms with Gasteiger partial charge in [0.1, 0.15) is 6.04 Å². The van der Waals surface area contributed by atoms with Crippen LogP contribution in [-0.4, -0.2) is 17.9 Å². The first kappa shape index (κ1) is 16.8. The molecule has 0 unspecified atom stereocenters. The van der Waals surface area contributed by atoms with Crippen molar-refractivity contribution in [3.8, 4) is 0 Å². The highest BCUT2D eigenvalue weighted by Gasteiger charge is 2.40. The van der Waals surface area contributed by atoms with Crippen LogP contribution in [0, 0.1) is 13.8 Å². The molecule has 6 heteroatoms. The largest absolute Gasteiger partial charge is 0.373 e. The van der Waals surface area contributed by atoms with Gasteiger partial charge in [0.15, 0.2) is 0 Å². The lowest BCUT2D eigenvalue weighted by Crippen LogP contribution is -2.35. The predicted molar refractivity (Wildman–Crippen MR) is 96.9 cm³/mol. The van der Waals surface area contributed by atoms with E-state index in [9.17, 15) is 9.59 Å².